The van der Waals surface area contributed by atoms with E-state index in [1.807, 2.05) is 6.92 Å². The van der Waals surface area contributed by atoms with Gasteiger partial charge >= 0.3 is 0 Å². The Labute approximate surface area is 131 Å². The van der Waals surface area contributed by atoms with Gasteiger partial charge in [-0.3, -0.25) is 0 Å². The Balaban J connectivity index is 0.00000161. The molecule has 2 atom stereocenters. The van der Waals surface area contributed by atoms with Crippen LogP contribution in [0.4, 0.5) is 0 Å². The average Bonchev–Trinajstić information content (AvgIpc) is 3.02. The monoisotopic (exact) mass is 332 g/mol. The molecule has 21 heavy (non-hydrogen) atoms. The first-order chi connectivity index (χ1) is 9.50. The van der Waals surface area contributed by atoms with Crippen molar-refractivity contribution in [2.24, 2.45) is 11.7 Å². The van der Waals surface area contributed by atoms with Gasteiger partial charge in [0.25, 0.3) is 0 Å². The molecule has 3 rings (SSSR count). The maximum atomic E-state index is 12.6. The second-order valence-corrected chi connectivity index (χ2v) is 7.59. The van der Waals surface area contributed by atoms with Crippen molar-refractivity contribution in [3.8, 4) is 5.75 Å². The number of hydrogen-bond donors (Lipinski definition) is 1. The van der Waals surface area contributed by atoms with E-state index in [0.29, 0.717) is 24.5 Å². The predicted octanol–water partition coefficient (Wildman–Crippen LogP) is 1.40. The number of fused-ring (bicyclic) bond motifs is 1. The molecule has 7 heteroatoms. The zero-order valence-corrected chi connectivity index (χ0v) is 13.6. The lowest BCUT2D eigenvalue weighted by Crippen LogP contribution is -2.30. The van der Waals surface area contributed by atoms with Crippen molar-refractivity contribution in [3.63, 3.8) is 0 Å². The number of ether oxygens (including phenoxy) is 1. The van der Waals surface area contributed by atoms with Crippen LogP contribution in [0.3, 0.4) is 0 Å². The summed E-state index contributed by atoms with van der Waals surface area (Å²) in [5.41, 5.74) is 6.61. The van der Waals surface area contributed by atoms with E-state index in [1.54, 1.807) is 22.5 Å². The minimum atomic E-state index is -3.40. The highest BCUT2D eigenvalue weighted by Gasteiger charge is 2.32. The molecule has 1 saturated heterocycles. The van der Waals surface area contributed by atoms with Gasteiger partial charge in [0.05, 0.1) is 4.90 Å². The molecule has 0 amide bonds. The topological polar surface area (TPSA) is 72.6 Å². The summed E-state index contributed by atoms with van der Waals surface area (Å²) in [4.78, 5) is 0.367. The number of benzene rings is 1. The van der Waals surface area contributed by atoms with Crippen LogP contribution >= 0.6 is 12.4 Å². The van der Waals surface area contributed by atoms with Crippen LogP contribution in [-0.2, 0) is 16.4 Å². The molecular weight excluding hydrogens is 312 g/mol. The molecule has 0 saturated carbocycles. The molecule has 1 aromatic rings. The Morgan fingerprint density at radius 3 is 2.86 bits per heavy atom. The Kier molecular flexibility index (Phi) is 4.82. The summed E-state index contributed by atoms with van der Waals surface area (Å²) in [5, 5.41) is 0. The van der Waals surface area contributed by atoms with Gasteiger partial charge in [0.2, 0.25) is 10.0 Å². The summed E-state index contributed by atoms with van der Waals surface area (Å²) >= 11 is 0. The largest absolute Gasteiger partial charge is 0.490 e. The summed E-state index contributed by atoms with van der Waals surface area (Å²) < 4.78 is 32.4. The number of hydrogen-bond acceptors (Lipinski definition) is 4. The normalized spacial score (nSPS) is 25.2. The fourth-order valence-corrected chi connectivity index (χ4v) is 4.50. The highest BCUT2D eigenvalue weighted by molar-refractivity contribution is 7.89. The van der Waals surface area contributed by atoms with E-state index in [4.69, 9.17) is 10.5 Å². The molecule has 2 unspecified atom stereocenters. The molecule has 0 aliphatic carbocycles. The van der Waals surface area contributed by atoms with Crippen LogP contribution in [-0.4, -0.2) is 38.5 Å². The molecule has 0 spiro atoms. The van der Waals surface area contributed by atoms with E-state index >= 15 is 0 Å². The van der Waals surface area contributed by atoms with Gasteiger partial charge in [0.15, 0.2) is 0 Å². The number of halogens is 1. The quantitative estimate of drug-likeness (QED) is 0.908. The second-order valence-electron chi connectivity index (χ2n) is 5.66. The highest BCUT2D eigenvalue weighted by Crippen LogP contribution is 2.32. The lowest BCUT2D eigenvalue weighted by Gasteiger charge is -2.16. The van der Waals surface area contributed by atoms with Crippen LogP contribution in [0.15, 0.2) is 23.1 Å². The maximum Gasteiger partial charge on any atom is 0.243 e. The standard InChI is InChI=1S/C14H20N2O3S.ClH/c1-10-6-12-7-13(2-3-14(12)19-10)20(17,18)16-5-4-11(8-15)9-16;/h2-3,7,10-11H,4-6,8-9,15H2,1H3;1H. The van der Waals surface area contributed by atoms with Crippen LogP contribution in [0.5, 0.6) is 5.75 Å². The summed E-state index contributed by atoms with van der Waals surface area (Å²) in [7, 11) is -3.40. The van der Waals surface area contributed by atoms with Crippen LogP contribution < -0.4 is 10.5 Å². The van der Waals surface area contributed by atoms with Gasteiger partial charge in [0.1, 0.15) is 11.9 Å². The van der Waals surface area contributed by atoms with E-state index in [-0.39, 0.29) is 24.4 Å². The van der Waals surface area contributed by atoms with Crippen molar-refractivity contribution >= 4 is 22.4 Å². The third-order valence-corrected chi connectivity index (χ3v) is 5.95. The van der Waals surface area contributed by atoms with Crippen LogP contribution in [0.25, 0.3) is 0 Å². The first kappa shape index (κ1) is 16.5. The van der Waals surface area contributed by atoms with Crippen LogP contribution in [0.2, 0.25) is 0 Å². The summed E-state index contributed by atoms with van der Waals surface area (Å²) in [5.74, 6) is 1.08. The van der Waals surface area contributed by atoms with Gasteiger partial charge in [-0.1, -0.05) is 0 Å². The molecule has 2 heterocycles. The first-order valence-corrected chi connectivity index (χ1v) is 8.44. The first-order valence-electron chi connectivity index (χ1n) is 7.00. The Morgan fingerprint density at radius 2 is 2.19 bits per heavy atom. The lowest BCUT2D eigenvalue weighted by atomic mass is 10.1. The van der Waals surface area contributed by atoms with Gasteiger partial charge in [-0.2, -0.15) is 4.31 Å². The number of rotatable bonds is 3. The molecule has 2 aliphatic rings. The van der Waals surface area contributed by atoms with Crippen molar-refractivity contribution < 1.29 is 13.2 Å². The molecule has 5 nitrogen and oxygen atoms in total. The zero-order chi connectivity index (χ0) is 14.3. The minimum absolute atomic E-state index is 0. The van der Waals surface area contributed by atoms with Gasteiger partial charge < -0.3 is 10.5 Å². The third-order valence-electron chi connectivity index (χ3n) is 4.09. The Bertz CT molecular complexity index is 621. The van der Waals surface area contributed by atoms with E-state index in [0.717, 1.165) is 24.2 Å². The van der Waals surface area contributed by atoms with E-state index in [2.05, 4.69) is 0 Å². The van der Waals surface area contributed by atoms with Gasteiger partial charge in [-0.15, -0.1) is 12.4 Å². The van der Waals surface area contributed by atoms with Crippen LogP contribution in [0.1, 0.15) is 18.9 Å². The number of nitrogens with zero attached hydrogens (tertiary/aromatic N) is 1. The summed E-state index contributed by atoms with van der Waals surface area (Å²) in [6.07, 6.45) is 1.74. The summed E-state index contributed by atoms with van der Waals surface area (Å²) in [6.45, 7) is 3.62. The molecule has 1 fully saturated rings. The van der Waals surface area contributed by atoms with Crippen molar-refractivity contribution in [1.29, 1.82) is 0 Å². The third kappa shape index (κ3) is 3.04. The zero-order valence-electron chi connectivity index (χ0n) is 12.0. The fraction of sp³-hybridized carbons (Fsp3) is 0.571. The molecule has 2 aliphatic heterocycles. The fourth-order valence-electron chi connectivity index (χ4n) is 2.92. The predicted molar refractivity (Wildman–Crippen MR) is 83.4 cm³/mol. The summed E-state index contributed by atoms with van der Waals surface area (Å²) in [6, 6.07) is 5.16. The minimum Gasteiger partial charge on any atom is -0.490 e. The molecule has 0 aromatic heterocycles. The van der Waals surface area contributed by atoms with Crippen molar-refractivity contribution in [2.45, 2.75) is 30.8 Å². The lowest BCUT2D eigenvalue weighted by molar-refractivity contribution is 0.254. The van der Waals surface area contributed by atoms with Crippen molar-refractivity contribution in [2.75, 3.05) is 19.6 Å². The highest BCUT2D eigenvalue weighted by atomic mass is 35.5. The SMILES string of the molecule is CC1Cc2cc(S(=O)(=O)N3CCC(CN)C3)ccc2O1.Cl. The molecule has 0 bridgehead atoms. The molecular formula is C14H21ClN2O3S. The van der Waals surface area contributed by atoms with Gasteiger partial charge in [0, 0.05) is 19.5 Å². The molecule has 118 valence electrons. The van der Waals surface area contributed by atoms with Gasteiger partial charge in [-0.25, -0.2) is 8.42 Å². The molecule has 1 aromatic carbocycles. The number of nitrogens with two attached hydrogens (primary N) is 1. The van der Waals surface area contributed by atoms with Crippen molar-refractivity contribution in [3.05, 3.63) is 23.8 Å². The number of sulfonamides is 1. The van der Waals surface area contributed by atoms with E-state index in [1.165, 1.54) is 0 Å². The van der Waals surface area contributed by atoms with E-state index in [9.17, 15) is 8.42 Å². The Hall–Kier alpha value is -0.820. The second kappa shape index (κ2) is 6.12. The Morgan fingerprint density at radius 1 is 1.43 bits per heavy atom. The smallest absolute Gasteiger partial charge is 0.243 e. The van der Waals surface area contributed by atoms with Gasteiger partial charge in [-0.05, 0) is 49.6 Å². The molecule has 0 radical (unpaired) electrons. The van der Waals surface area contributed by atoms with E-state index < -0.39 is 10.0 Å². The van der Waals surface area contributed by atoms with Crippen molar-refractivity contribution in [1.82, 2.24) is 4.31 Å². The average molecular weight is 333 g/mol. The maximum absolute atomic E-state index is 12.6. The molecule has 2 N–H and O–H groups in total. The van der Waals surface area contributed by atoms with Crippen LogP contribution in [0, 0.1) is 5.92 Å².